The number of aromatic nitrogens is 1. The fourth-order valence-electron chi connectivity index (χ4n) is 2.49. The maximum absolute atomic E-state index is 14.1. The Bertz CT molecular complexity index is 927. The van der Waals surface area contributed by atoms with E-state index in [-0.39, 0.29) is 17.0 Å². The molecule has 1 heterocycles. The van der Waals surface area contributed by atoms with Gasteiger partial charge in [-0.2, -0.15) is 0 Å². The molecule has 0 aliphatic carbocycles. The van der Waals surface area contributed by atoms with Crippen molar-refractivity contribution in [3.63, 3.8) is 0 Å². The van der Waals surface area contributed by atoms with E-state index in [1.165, 1.54) is 0 Å². The van der Waals surface area contributed by atoms with Crippen molar-refractivity contribution in [1.82, 2.24) is 4.98 Å². The SMILES string of the molecule is C#CCC(=C\C=C/C)/C(=C\C(\C=C/COCCC)=C\C)c1c(Cl)c(F)c[nH]c1=O. The molecule has 1 rings (SSSR count). The molecule has 154 valence electrons. The van der Waals surface area contributed by atoms with Gasteiger partial charge in [0, 0.05) is 19.2 Å². The van der Waals surface area contributed by atoms with Crippen molar-refractivity contribution in [3.8, 4) is 12.3 Å². The molecule has 29 heavy (non-hydrogen) atoms. The molecule has 3 nitrogen and oxygen atoms in total. The van der Waals surface area contributed by atoms with Gasteiger partial charge in [-0.3, -0.25) is 4.79 Å². The molecule has 0 fully saturated rings. The van der Waals surface area contributed by atoms with Crippen LogP contribution < -0.4 is 5.56 Å². The minimum absolute atomic E-state index is 0.0488. The van der Waals surface area contributed by atoms with Crippen LogP contribution in [0.1, 0.15) is 39.2 Å². The zero-order valence-corrected chi connectivity index (χ0v) is 17.9. The zero-order valence-electron chi connectivity index (χ0n) is 17.1. The summed E-state index contributed by atoms with van der Waals surface area (Å²) in [5, 5.41) is -0.242. The van der Waals surface area contributed by atoms with Gasteiger partial charge in [-0.25, -0.2) is 4.39 Å². The van der Waals surface area contributed by atoms with Crippen LogP contribution in [0.15, 0.2) is 64.7 Å². The Kier molecular flexibility index (Phi) is 11.4. The number of pyridine rings is 1. The second kappa shape index (κ2) is 13.5. The number of halogens is 2. The number of nitrogens with one attached hydrogen (secondary N) is 1. The maximum atomic E-state index is 14.1. The topological polar surface area (TPSA) is 42.1 Å². The molecule has 0 radical (unpaired) electrons. The van der Waals surface area contributed by atoms with Gasteiger partial charge in [0.25, 0.3) is 5.56 Å². The minimum Gasteiger partial charge on any atom is -0.377 e. The fourth-order valence-corrected chi connectivity index (χ4v) is 2.73. The molecule has 0 amide bonds. The van der Waals surface area contributed by atoms with Gasteiger partial charge in [0.2, 0.25) is 0 Å². The number of terminal acetylenes is 1. The van der Waals surface area contributed by atoms with Crippen LogP contribution in [0.2, 0.25) is 5.02 Å². The van der Waals surface area contributed by atoms with E-state index in [2.05, 4.69) is 10.9 Å². The Hall–Kier alpha value is -2.61. The van der Waals surface area contributed by atoms with Crippen LogP contribution in [-0.2, 0) is 4.74 Å². The van der Waals surface area contributed by atoms with Crippen LogP contribution in [0, 0.1) is 18.2 Å². The lowest BCUT2D eigenvalue weighted by atomic mass is 9.93. The van der Waals surface area contributed by atoms with Crippen LogP contribution in [0.3, 0.4) is 0 Å². The highest BCUT2D eigenvalue weighted by Gasteiger charge is 2.18. The Labute approximate surface area is 177 Å². The summed E-state index contributed by atoms with van der Waals surface area (Å²) in [7, 11) is 0. The number of hydrogen-bond donors (Lipinski definition) is 1. The second-order valence-corrected chi connectivity index (χ2v) is 6.46. The largest absolute Gasteiger partial charge is 0.377 e. The third-order valence-corrected chi connectivity index (χ3v) is 4.27. The second-order valence-electron chi connectivity index (χ2n) is 6.08. The van der Waals surface area contributed by atoms with E-state index in [4.69, 9.17) is 22.8 Å². The molecule has 0 bridgehead atoms. The normalized spacial score (nSPS) is 13.4. The summed E-state index contributed by atoms with van der Waals surface area (Å²) < 4.78 is 19.6. The van der Waals surface area contributed by atoms with E-state index in [1.807, 2.05) is 51.2 Å². The smallest absolute Gasteiger partial charge is 0.257 e. The maximum Gasteiger partial charge on any atom is 0.257 e. The fraction of sp³-hybridized carbons (Fsp3) is 0.292. The molecule has 0 saturated carbocycles. The molecule has 0 aromatic carbocycles. The van der Waals surface area contributed by atoms with Crippen molar-refractivity contribution in [2.75, 3.05) is 13.2 Å². The molecular weight excluding hydrogens is 389 g/mol. The van der Waals surface area contributed by atoms with Gasteiger partial charge in [0.05, 0.1) is 17.2 Å². The third-order valence-electron chi connectivity index (χ3n) is 3.90. The number of rotatable bonds is 10. The standard InChI is InChI=1S/C24H27ClFNO2/c1-5-9-13-19(11-6-2)20(22-23(25)21(26)17-27-24(22)28)16-18(8-4)12-10-15-29-14-7-3/h2,5,8-10,12-13,16-17H,7,11,14-15H2,1,3-4H3,(H,27,28)/b9-5-,12-10-,18-8+,19-13+,20-16+. The van der Waals surface area contributed by atoms with Gasteiger partial charge < -0.3 is 9.72 Å². The molecule has 1 aromatic rings. The Balaban J connectivity index is 3.56. The lowest BCUT2D eigenvalue weighted by Crippen LogP contribution is -2.14. The molecule has 0 unspecified atom stereocenters. The van der Waals surface area contributed by atoms with E-state index in [0.717, 1.165) is 18.2 Å². The molecule has 0 spiro atoms. The first-order valence-electron chi connectivity index (χ1n) is 9.45. The lowest BCUT2D eigenvalue weighted by Gasteiger charge is -2.12. The third kappa shape index (κ3) is 7.73. The molecule has 0 aliphatic rings. The van der Waals surface area contributed by atoms with Gasteiger partial charge >= 0.3 is 0 Å². The number of hydrogen-bond acceptors (Lipinski definition) is 2. The molecule has 0 atom stereocenters. The van der Waals surface area contributed by atoms with Crippen LogP contribution in [0.4, 0.5) is 4.39 Å². The molecule has 1 N–H and O–H groups in total. The molecule has 5 heteroatoms. The first-order valence-corrected chi connectivity index (χ1v) is 9.82. The van der Waals surface area contributed by atoms with Crippen molar-refractivity contribution >= 4 is 17.2 Å². The average Bonchev–Trinajstić information content (AvgIpc) is 2.72. The number of allylic oxidation sites excluding steroid dienone is 9. The van der Waals surface area contributed by atoms with Gasteiger partial charge in [-0.05, 0) is 43.1 Å². The molecule has 0 saturated heterocycles. The monoisotopic (exact) mass is 415 g/mol. The molecule has 1 aromatic heterocycles. The quantitative estimate of drug-likeness (QED) is 0.289. The van der Waals surface area contributed by atoms with E-state index < -0.39 is 11.4 Å². The summed E-state index contributed by atoms with van der Waals surface area (Å²) in [6.45, 7) is 6.94. The summed E-state index contributed by atoms with van der Waals surface area (Å²) in [6, 6.07) is 0. The van der Waals surface area contributed by atoms with E-state index in [9.17, 15) is 9.18 Å². The number of aromatic amines is 1. The highest BCUT2D eigenvalue weighted by molar-refractivity contribution is 6.32. The van der Waals surface area contributed by atoms with Gasteiger partial charge in [0.1, 0.15) is 0 Å². The lowest BCUT2D eigenvalue weighted by molar-refractivity contribution is 0.163. The summed E-state index contributed by atoms with van der Waals surface area (Å²) in [6.07, 6.45) is 20.5. The Morgan fingerprint density at radius 3 is 2.79 bits per heavy atom. The predicted molar refractivity (Wildman–Crippen MR) is 120 cm³/mol. The Morgan fingerprint density at radius 2 is 2.17 bits per heavy atom. The summed E-state index contributed by atoms with van der Waals surface area (Å²) in [5.74, 6) is 1.88. The van der Waals surface area contributed by atoms with Gasteiger partial charge in [-0.1, -0.05) is 55.0 Å². The van der Waals surface area contributed by atoms with E-state index in [0.29, 0.717) is 24.4 Å². The highest BCUT2D eigenvalue weighted by atomic mass is 35.5. The minimum atomic E-state index is -0.705. The van der Waals surface area contributed by atoms with Crippen LogP contribution >= 0.6 is 11.6 Å². The number of H-pyrrole nitrogens is 1. The average molecular weight is 416 g/mol. The predicted octanol–water partition coefficient (Wildman–Crippen LogP) is 6.01. The molecule has 0 aliphatic heterocycles. The van der Waals surface area contributed by atoms with Crippen LogP contribution in [0.25, 0.3) is 5.57 Å². The van der Waals surface area contributed by atoms with Crippen molar-refractivity contribution in [2.24, 2.45) is 0 Å². The summed E-state index contributed by atoms with van der Waals surface area (Å²) >= 11 is 6.17. The number of ether oxygens (including phenoxy) is 1. The van der Waals surface area contributed by atoms with Crippen molar-refractivity contribution in [3.05, 3.63) is 86.6 Å². The van der Waals surface area contributed by atoms with Crippen molar-refractivity contribution < 1.29 is 9.13 Å². The molecular formula is C24H27ClFNO2. The van der Waals surface area contributed by atoms with E-state index in [1.54, 1.807) is 12.2 Å². The van der Waals surface area contributed by atoms with Crippen molar-refractivity contribution in [1.29, 1.82) is 0 Å². The summed E-state index contributed by atoms with van der Waals surface area (Å²) in [4.78, 5) is 14.9. The Morgan fingerprint density at radius 1 is 1.41 bits per heavy atom. The summed E-state index contributed by atoms with van der Waals surface area (Å²) in [5.41, 5.74) is 1.52. The van der Waals surface area contributed by atoms with Crippen molar-refractivity contribution in [2.45, 2.75) is 33.6 Å². The van der Waals surface area contributed by atoms with Gasteiger partial charge in [0.15, 0.2) is 5.82 Å². The van der Waals surface area contributed by atoms with Gasteiger partial charge in [-0.15, -0.1) is 12.3 Å². The van der Waals surface area contributed by atoms with Crippen LogP contribution in [-0.4, -0.2) is 18.2 Å². The highest BCUT2D eigenvalue weighted by Crippen LogP contribution is 2.31. The first kappa shape index (κ1) is 24.4. The van der Waals surface area contributed by atoms with E-state index >= 15 is 0 Å². The zero-order chi connectivity index (χ0) is 21.6. The first-order chi connectivity index (χ1) is 14.0. The van der Waals surface area contributed by atoms with Crippen LogP contribution in [0.5, 0.6) is 0 Å².